The van der Waals surface area contributed by atoms with Gasteiger partial charge in [0.2, 0.25) is 5.91 Å². The first kappa shape index (κ1) is 19.9. The summed E-state index contributed by atoms with van der Waals surface area (Å²) in [6.07, 6.45) is 5.09. The molecule has 1 atom stereocenters. The molecule has 2 aliphatic rings. The number of carbonyl (C=O) groups excluding carboxylic acids is 2. The lowest BCUT2D eigenvalue weighted by Crippen LogP contribution is -2.29. The molecule has 0 aromatic heterocycles. The molecular weight excluding hydrogens is 369 g/mol. The molecule has 1 saturated heterocycles. The number of imide groups is 1. The predicted octanol–water partition coefficient (Wildman–Crippen LogP) is 3.39. The van der Waals surface area contributed by atoms with Gasteiger partial charge in [0.15, 0.2) is 11.6 Å². The van der Waals surface area contributed by atoms with E-state index in [1.807, 2.05) is 6.92 Å². The normalized spacial score (nSPS) is 17.9. The Morgan fingerprint density at radius 2 is 2.15 bits per heavy atom. The Balaban J connectivity index is 1.30. The third-order valence-electron chi connectivity index (χ3n) is 4.58. The van der Waals surface area contributed by atoms with Crippen LogP contribution in [0.2, 0.25) is 0 Å². The average molecular weight is 396 g/mol. The van der Waals surface area contributed by atoms with Crippen LogP contribution in [0.3, 0.4) is 0 Å². The molecule has 1 heterocycles. The van der Waals surface area contributed by atoms with Crippen molar-refractivity contribution in [3.05, 3.63) is 29.6 Å². The standard InChI is InChI=1S/C19H26FN3O3S/c1-13(14-5-8-16(20)17(11-14)26-15-6-7-15)22-27-10-4-2-3-9-23-12-18(24)21-19(23)25/h5,8,11,13,15,22H,2-4,6-7,9-10,12H2,1H3,(H,21,24,25). The number of rotatable bonds is 11. The molecule has 8 heteroatoms. The van der Waals surface area contributed by atoms with E-state index in [0.717, 1.165) is 43.4 Å². The van der Waals surface area contributed by atoms with Gasteiger partial charge in [-0.15, -0.1) is 0 Å². The molecule has 2 fully saturated rings. The summed E-state index contributed by atoms with van der Waals surface area (Å²) in [6, 6.07) is 4.85. The molecule has 1 aromatic rings. The van der Waals surface area contributed by atoms with Gasteiger partial charge in [0, 0.05) is 18.3 Å². The van der Waals surface area contributed by atoms with Crippen LogP contribution in [-0.2, 0) is 4.79 Å². The first-order valence-electron chi connectivity index (χ1n) is 9.45. The van der Waals surface area contributed by atoms with Gasteiger partial charge in [-0.05, 0) is 50.3 Å². The van der Waals surface area contributed by atoms with E-state index < -0.39 is 0 Å². The second kappa shape index (κ2) is 9.41. The Morgan fingerprint density at radius 3 is 2.85 bits per heavy atom. The zero-order valence-corrected chi connectivity index (χ0v) is 16.3. The maximum atomic E-state index is 13.8. The molecule has 27 heavy (non-hydrogen) atoms. The van der Waals surface area contributed by atoms with Crippen molar-refractivity contribution in [2.75, 3.05) is 18.8 Å². The van der Waals surface area contributed by atoms with Crippen molar-refractivity contribution in [3.8, 4) is 5.75 Å². The van der Waals surface area contributed by atoms with E-state index in [4.69, 9.17) is 4.74 Å². The van der Waals surface area contributed by atoms with Crippen molar-refractivity contribution in [2.45, 2.75) is 51.2 Å². The van der Waals surface area contributed by atoms with Gasteiger partial charge < -0.3 is 9.64 Å². The van der Waals surface area contributed by atoms with Gasteiger partial charge in [0.1, 0.15) is 6.54 Å². The van der Waals surface area contributed by atoms with Crippen LogP contribution in [0.25, 0.3) is 0 Å². The number of nitrogens with one attached hydrogen (secondary N) is 2. The van der Waals surface area contributed by atoms with E-state index in [0.29, 0.717) is 12.3 Å². The van der Waals surface area contributed by atoms with Crippen molar-refractivity contribution in [1.82, 2.24) is 14.9 Å². The summed E-state index contributed by atoms with van der Waals surface area (Å²) >= 11 is 1.64. The lowest BCUT2D eigenvalue weighted by molar-refractivity contribution is -0.118. The Labute approximate surface area is 163 Å². The van der Waals surface area contributed by atoms with Crippen LogP contribution in [-0.4, -0.2) is 41.8 Å². The molecule has 1 unspecified atom stereocenters. The van der Waals surface area contributed by atoms with Gasteiger partial charge in [-0.1, -0.05) is 24.4 Å². The molecule has 148 valence electrons. The Bertz CT molecular complexity index is 684. The highest BCUT2D eigenvalue weighted by molar-refractivity contribution is 7.97. The largest absolute Gasteiger partial charge is 0.487 e. The van der Waals surface area contributed by atoms with E-state index >= 15 is 0 Å². The number of benzene rings is 1. The highest BCUT2D eigenvalue weighted by Gasteiger charge is 2.26. The molecule has 1 aliphatic heterocycles. The van der Waals surface area contributed by atoms with Crippen LogP contribution in [0.5, 0.6) is 5.75 Å². The van der Waals surface area contributed by atoms with Crippen LogP contribution in [0.15, 0.2) is 18.2 Å². The topological polar surface area (TPSA) is 70.7 Å². The smallest absolute Gasteiger partial charge is 0.324 e. The molecule has 0 radical (unpaired) electrons. The number of halogens is 1. The van der Waals surface area contributed by atoms with Crippen LogP contribution in [0.4, 0.5) is 9.18 Å². The lowest BCUT2D eigenvalue weighted by atomic mass is 10.1. The van der Waals surface area contributed by atoms with Crippen molar-refractivity contribution in [1.29, 1.82) is 0 Å². The van der Waals surface area contributed by atoms with Crippen molar-refractivity contribution in [3.63, 3.8) is 0 Å². The van der Waals surface area contributed by atoms with Crippen molar-refractivity contribution >= 4 is 23.9 Å². The zero-order valence-electron chi connectivity index (χ0n) is 15.5. The fraction of sp³-hybridized carbons (Fsp3) is 0.579. The molecule has 2 N–H and O–H groups in total. The fourth-order valence-corrected chi connectivity index (χ4v) is 3.67. The predicted molar refractivity (Wildman–Crippen MR) is 103 cm³/mol. The molecule has 3 amide bonds. The number of hydrogen-bond acceptors (Lipinski definition) is 5. The number of urea groups is 1. The van der Waals surface area contributed by atoms with Gasteiger partial charge in [-0.2, -0.15) is 0 Å². The first-order chi connectivity index (χ1) is 13.0. The Morgan fingerprint density at radius 1 is 1.33 bits per heavy atom. The van der Waals surface area contributed by atoms with Crippen molar-refractivity contribution in [2.24, 2.45) is 0 Å². The maximum absolute atomic E-state index is 13.8. The third kappa shape index (κ3) is 6.10. The van der Waals surface area contributed by atoms with E-state index in [2.05, 4.69) is 10.0 Å². The highest BCUT2D eigenvalue weighted by atomic mass is 32.2. The summed E-state index contributed by atoms with van der Waals surface area (Å²) in [5, 5.41) is 2.28. The number of ether oxygens (including phenoxy) is 1. The molecular formula is C19H26FN3O3S. The summed E-state index contributed by atoms with van der Waals surface area (Å²) in [5.41, 5.74) is 1.00. The minimum atomic E-state index is -0.307. The SMILES string of the molecule is CC(NSCCCCCN1CC(=O)NC1=O)c1ccc(F)c(OC2CC2)c1. The minimum absolute atomic E-state index is 0.0939. The fourth-order valence-electron chi connectivity index (χ4n) is 2.81. The number of carbonyl (C=O) groups is 2. The van der Waals surface area contributed by atoms with E-state index in [-0.39, 0.29) is 36.4 Å². The molecule has 3 rings (SSSR count). The van der Waals surface area contributed by atoms with E-state index in [1.165, 1.54) is 6.07 Å². The molecule has 1 aliphatic carbocycles. The van der Waals surface area contributed by atoms with Crippen LogP contribution in [0, 0.1) is 5.82 Å². The average Bonchev–Trinajstić information content (AvgIpc) is 3.39. The highest BCUT2D eigenvalue weighted by Crippen LogP contribution is 2.30. The first-order valence-corrected chi connectivity index (χ1v) is 10.4. The van der Waals surface area contributed by atoms with E-state index in [9.17, 15) is 14.0 Å². The third-order valence-corrected chi connectivity index (χ3v) is 5.59. The Kier molecular flexibility index (Phi) is 6.95. The molecule has 0 spiro atoms. The summed E-state index contributed by atoms with van der Waals surface area (Å²) in [7, 11) is 0. The number of unbranched alkanes of at least 4 members (excludes halogenated alkanes) is 2. The summed E-state index contributed by atoms with van der Waals surface area (Å²) in [6.45, 7) is 2.84. The maximum Gasteiger partial charge on any atom is 0.324 e. The van der Waals surface area contributed by atoms with Gasteiger partial charge in [-0.25, -0.2) is 9.18 Å². The van der Waals surface area contributed by atoms with Gasteiger partial charge in [-0.3, -0.25) is 14.8 Å². The zero-order chi connectivity index (χ0) is 19.2. The second-order valence-corrected chi connectivity index (χ2v) is 7.96. The molecule has 0 bridgehead atoms. The van der Waals surface area contributed by atoms with Gasteiger partial charge in [0.05, 0.1) is 6.10 Å². The van der Waals surface area contributed by atoms with Crippen molar-refractivity contribution < 1.29 is 18.7 Å². The molecule has 6 nitrogen and oxygen atoms in total. The summed E-state index contributed by atoms with van der Waals surface area (Å²) in [4.78, 5) is 24.1. The van der Waals surface area contributed by atoms with Crippen LogP contribution in [0.1, 0.15) is 50.6 Å². The van der Waals surface area contributed by atoms with E-state index in [1.54, 1.807) is 29.0 Å². The minimum Gasteiger partial charge on any atom is -0.487 e. The van der Waals surface area contributed by atoms with Crippen LogP contribution >= 0.6 is 11.9 Å². The monoisotopic (exact) mass is 395 g/mol. The van der Waals surface area contributed by atoms with Gasteiger partial charge >= 0.3 is 6.03 Å². The number of hydrogen-bond donors (Lipinski definition) is 2. The number of nitrogens with zero attached hydrogens (tertiary/aromatic N) is 1. The molecule has 1 aromatic carbocycles. The quantitative estimate of drug-likeness (QED) is 0.341. The molecule has 1 saturated carbocycles. The number of amides is 3. The summed E-state index contributed by atoms with van der Waals surface area (Å²) < 4.78 is 22.8. The lowest BCUT2D eigenvalue weighted by Gasteiger charge is -2.16. The van der Waals surface area contributed by atoms with Gasteiger partial charge in [0.25, 0.3) is 0 Å². The second-order valence-electron chi connectivity index (χ2n) is 7.03. The summed E-state index contributed by atoms with van der Waals surface area (Å²) in [5.74, 6) is 0.763. The van der Waals surface area contributed by atoms with Crippen LogP contribution < -0.4 is 14.8 Å². The Hall–Kier alpha value is -1.80.